The van der Waals surface area contributed by atoms with Crippen LogP contribution in [-0.4, -0.2) is 9.97 Å². The zero-order chi connectivity index (χ0) is 11.9. The maximum Gasteiger partial charge on any atom is 0.254 e. The SMILES string of the molecule is NC1(c2nc3c(c(=O)[nH]2)CCC3)CCCCC1. The van der Waals surface area contributed by atoms with Crippen LogP contribution >= 0.6 is 0 Å². The fraction of sp³-hybridized carbons (Fsp3) is 0.692. The summed E-state index contributed by atoms with van der Waals surface area (Å²) in [5, 5.41) is 0. The molecule has 0 aliphatic heterocycles. The second kappa shape index (κ2) is 3.95. The molecule has 4 heteroatoms. The quantitative estimate of drug-likeness (QED) is 0.769. The van der Waals surface area contributed by atoms with Gasteiger partial charge in [-0.05, 0) is 32.1 Å². The van der Waals surface area contributed by atoms with Crippen LogP contribution in [-0.2, 0) is 18.4 Å². The molecular weight excluding hydrogens is 214 g/mol. The number of nitrogens with one attached hydrogen (secondary N) is 1. The lowest BCUT2D eigenvalue weighted by atomic mass is 9.82. The summed E-state index contributed by atoms with van der Waals surface area (Å²) in [5.74, 6) is 0.725. The van der Waals surface area contributed by atoms with Crippen molar-refractivity contribution in [3.8, 4) is 0 Å². The number of nitrogens with zero attached hydrogens (tertiary/aromatic N) is 1. The van der Waals surface area contributed by atoms with Crippen LogP contribution in [0.1, 0.15) is 55.6 Å². The number of hydrogen-bond acceptors (Lipinski definition) is 3. The third kappa shape index (κ3) is 1.80. The normalized spacial score (nSPS) is 22.4. The molecule has 3 N–H and O–H groups in total. The molecule has 0 radical (unpaired) electrons. The molecule has 1 aromatic heterocycles. The number of nitrogens with two attached hydrogens (primary N) is 1. The van der Waals surface area contributed by atoms with Gasteiger partial charge in [0.2, 0.25) is 0 Å². The van der Waals surface area contributed by atoms with Crippen molar-refractivity contribution in [2.45, 2.75) is 56.9 Å². The van der Waals surface area contributed by atoms with Crippen molar-refractivity contribution >= 4 is 0 Å². The highest BCUT2D eigenvalue weighted by atomic mass is 16.1. The van der Waals surface area contributed by atoms with Gasteiger partial charge in [0, 0.05) is 5.56 Å². The number of hydrogen-bond donors (Lipinski definition) is 2. The highest BCUT2D eigenvalue weighted by molar-refractivity contribution is 5.24. The lowest BCUT2D eigenvalue weighted by molar-refractivity contribution is 0.285. The van der Waals surface area contributed by atoms with E-state index in [4.69, 9.17) is 5.73 Å². The van der Waals surface area contributed by atoms with Gasteiger partial charge in [0.1, 0.15) is 5.82 Å². The molecule has 0 bridgehead atoms. The van der Waals surface area contributed by atoms with Gasteiger partial charge in [-0.15, -0.1) is 0 Å². The molecule has 0 unspecified atom stereocenters. The van der Waals surface area contributed by atoms with E-state index in [0.29, 0.717) is 0 Å². The Labute approximate surface area is 101 Å². The number of fused-ring (bicyclic) bond motifs is 1. The van der Waals surface area contributed by atoms with Crippen LogP contribution in [0.2, 0.25) is 0 Å². The molecule has 1 heterocycles. The predicted octanol–water partition coefficient (Wildman–Crippen LogP) is 1.38. The zero-order valence-electron chi connectivity index (χ0n) is 10.1. The summed E-state index contributed by atoms with van der Waals surface area (Å²) in [7, 11) is 0. The van der Waals surface area contributed by atoms with E-state index < -0.39 is 5.54 Å². The Hall–Kier alpha value is -1.16. The van der Waals surface area contributed by atoms with Crippen LogP contribution in [0.15, 0.2) is 4.79 Å². The Morgan fingerprint density at radius 1 is 1.12 bits per heavy atom. The van der Waals surface area contributed by atoms with E-state index in [1.807, 2.05) is 0 Å². The van der Waals surface area contributed by atoms with Crippen molar-refractivity contribution in [2.75, 3.05) is 0 Å². The van der Waals surface area contributed by atoms with E-state index in [0.717, 1.165) is 62.0 Å². The molecule has 2 aliphatic rings. The fourth-order valence-corrected chi connectivity index (χ4v) is 3.10. The average molecular weight is 233 g/mol. The summed E-state index contributed by atoms with van der Waals surface area (Å²) in [4.78, 5) is 19.5. The first-order valence-corrected chi connectivity index (χ1v) is 6.60. The minimum absolute atomic E-state index is 0.0397. The Kier molecular flexibility index (Phi) is 2.54. The molecule has 0 saturated heterocycles. The number of aryl methyl sites for hydroxylation is 1. The van der Waals surface area contributed by atoms with Gasteiger partial charge in [-0.2, -0.15) is 0 Å². The molecule has 4 nitrogen and oxygen atoms in total. The lowest BCUT2D eigenvalue weighted by Crippen LogP contribution is -2.42. The van der Waals surface area contributed by atoms with Crippen molar-refractivity contribution in [2.24, 2.45) is 5.73 Å². The number of aromatic nitrogens is 2. The standard InChI is InChI=1S/C13H19N3O/c14-13(7-2-1-3-8-13)12-15-10-6-4-5-9(10)11(17)16-12/h1-8,14H2,(H,15,16,17). The van der Waals surface area contributed by atoms with Crippen molar-refractivity contribution in [3.05, 3.63) is 27.4 Å². The van der Waals surface area contributed by atoms with Crippen molar-refractivity contribution < 1.29 is 0 Å². The number of rotatable bonds is 1. The van der Waals surface area contributed by atoms with E-state index in [9.17, 15) is 4.79 Å². The molecule has 1 saturated carbocycles. The molecule has 0 atom stereocenters. The molecule has 3 rings (SSSR count). The van der Waals surface area contributed by atoms with E-state index >= 15 is 0 Å². The van der Waals surface area contributed by atoms with Crippen LogP contribution < -0.4 is 11.3 Å². The van der Waals surface area contributed by atoms with Gasteiger partial charge < -0.3 is 10.7 Å². The summed E-state index contributed by atoms with van der Waals surface area (Å²) >= 11 is 0. The first kappa shape index (κ1) is 11.0. The predicted molar refractivity (Wildman–Crippen MR) is 65.8 cm³/mol. The largest absolute Gasteiger partial charge is 0.319 e. The molecular formula is C13H19N3O. The minimum Gasteiger partial charge on any atom is -0.319 e. The molecule has 1 fully saturated rings. The van der Waals surface area contributed by atoms with E-state index in [-0.39, 0.29) is 5.56 Å². The summed E-state index contributed by atoms with van der Waals surface area (Å²) in [6, 6.07) is 0. The van der Waals surface area contributed by atoms with Crippen LogP contribution in [0.3, 0.4) is 0 Å². The molecule has 1 aromatic rings. The van der Waals surface area contributed by atoms with Gasteiger partial charge >= 0.3 is 0 Å². The maximum absolute atomic E-state index is 12.0. The topological polar surface area (TPSA) is 71.8 Å². The molecule has 0 spiro atoms. The van der Waals surface area contributed by atoms with Gasteiger partial charge in [0.05, 0.1) is 11.2 Å². The highest BCUT2D eigenvalue weighted by Crippen LogP contribution is 2.33. The van der Waals surface area contributed by atoms with Crippen LogP contribution in [0, 0.1) is 0 Å². The monoisotopic (exact) mass is 233 g/mol. The van der Waals surface area contributed by atoms with Crippen molar-refractivity contribution in [1.29, 1.82) is 0 Å². The number of aromatic amines is 1. The van der Waals surface area contributed by atoms with Crippen LogP contribution in [0.5, 0.6) is 0 Å². The Morgan fingerprint density at radius 2 is 1.88 bits per heavy atom. The van der Waals surface area contributed by atoms with Gasteiger partial charge in [-0.1, -0.05) is 19.3 Å². The van der Waals surface area contributed by atoms with Gasteiger partial charge in [0.15, 0.2) is 0 Å². The molecule has 0 aromatic carbocycles. The van der Waals surface area contributed by atoms with Crippen molar-refractivity contribution in [1.82, 2.24) is 9.97 Å². The number of H-pyrrole nitrogens is 1. The van der Waals surface area contributed by atoms with Gasteiger partial charge in [-0.3, -0.25) is 4.79 Å². The molecule has 92 valence electrons. The fourth-order valence-electron chi connectivity index (χ4n) is 3.10. The van der Waals surface area contributed by atoms with E-state index in [1.165, 1.54) is 6.42 Å². The Bertz CT molecular complexity index is 486. The smallest absolute Gasteiger partial charge is 0.254 e. The van der Waals surface area contributed by atoms with Gasteiger partial charge in [-0.25, -0.2) is 4.98 Å². The van der Waals surface area contributed by atoms with E-state index in [2.05, 4.69) is 9.97 Å². The third-order valence-electron chi connectivity index (χ3n) is 4.16. The first-order valence-electron chi connectivity index (χ1n) is 6.60. The summed E-state index contributed by atoms with van der Waals surface area (Å²) in [6.07, 6.45) is 8.25. The molecule has 0 amide bonds. The lowest BCUT2D eigenvalue weighted by Gasteiger charge is -2.32. The second-order valence-electron chi connectivity index (χ2n) is 5.41. The Morgan fingerprint density at radius 3 is 2.65 bits per heavy atom. The summed E-state index contributed by atoms with van der Waals surface area (Å²) in [5.41, 5.74) is 7.92. The van der Waals surface area contributed by atoms with Crippen LogP contribution in [0.4, 0.5) is 0 Å². The molecule has 17 heavy (non-hydrogen) atoms. The molecule has 2 aliphatic carbocycles. The average Bonchev–Trinajstić information content (AvgIpc) is 2.78. The zero-order valence-corrected chi connectivity index (χ0v) is 10.1. The minimum atomic E-state index is -0.394. The van der Waals surface area contributed by atoms with Gasteiger partial charge in [0.25, 0.3) is 5.56 Å². The Balaban J connectivity index is 2.03. The van der Waals surface area contributed by atoms with Crippen molar-refractivity contribution in [3.63, 3.8) is 0 Å². The summed E-state index contributed by atoms with van der Waals surface area (Å²) < 4.78 is 0. The van der Waals surface area contributed by atoms with Crippen LogP contribution in [0.25, 0.3) is 0 Å². The maximum atomic E-state index is 12.0. The first-order chi connectivity index (χ1) is 8.19. The third-order valence-corrected chi connectivity index (χ3v) is 4.16. The summed E-state index contributed by atoms with van der Waals surface area (Å²) in [6.45, 7) is 0. The second-order valence-corrected chi connectivity index (χ2v) is 5.41. The highest BCUT2D eigenvalue weighted by Gasteiger charge is 2.33. The van der Waals surface area contributed by atoms with E-state index in [1.54, 1.807) is 0 Å².